The normalized spacial score (nSPS) is 22.4. The predicted octanol–water partition coefficient (Wildman–Crippen LogP) is 0.945. The Morgan fingerprint density at radius 2 is 2.22 bits per heavy atom. The maximum atomic E-state index is 11.5. The monoisotopic (exact) mass is 256 g/mol. The molecule has 2 N–H and O–H groups in total. The van der Waals surface area contributed by atoms with Gasteiger partial charge in [-0.25, -0.2) is 0 Å². The number of carboxylic acids is 1. The molecule has 1 fully saturated rings. The van der Waals surface area contributed by atoms with E-state index in [1.807, 2.05) is 13.8 Å². The molecule has 1 rings (SSSR count). The molecule has 2 unspecified atom stereocenters. The number of likely N-dealkylation sites (N-methyl/N-ethyl adjacent to an activating group) is 1. The summed E-state index contributed by atoms with van der Waals surface area (Å²) < 4.78 is 0. The highest BCUT2D eigenvalue weighted by Gasteiger charge is 2.26. The third-order valence-corrected chi connectivity index (χ3v) is 3.58. The number of likely N-dealkylation sites (tertiary alicyclic amines) is 1. The molecule has 1 amide bonds. The quantitative estimate of drug-likeness (QED) is 0.742. The fraction of sp³-hybridized carbons (Fsp3) is 0.846. The summed E-state index contributed by atoms with van der Waals surface area (Å²) in [6.07, 6.45) is 2.34. The highest BCUT2D eigenvalue weighted by atomic mass is 16.4. The Balaban J connectivity index is 2.40. The molecular weight excluding hydrogens is 232 g/mol. The van der Waals surface area contributed by atoms with Gasteiger partial charge in [0.05, 0.1) is 6.54 Å². The predicted molar refractivity (Wildman–Crippen MR) is 69.3 cm³/mol. The summed E-state index contributed by atoms with van der Waals surface area (Å²) in [5, 5.41) is 11.6. The lowest BCUT2D eigenvalue weighted by Gasteiger charge is -2.35. The minimum Gasteiger partial charge on any atom is -0.481 e. The lowest BCUT2D eigenvalue weighted by Crippen LogP contribution is -2.44. The number of amides is 1. The van der Waals surface area contributed by atoms with E-state index in [-0.39, 0.29) is 18.2 Å². The van der Waals surface area contributed by atoms with Gasteiger partial charge in [-0.15, -0.1) is 0 Å². The molecule has 0 spiro atoms. The van der Waals surface area contributed by atoms with Crippen molar-refractivity contribution < 1.29 is 14.7 Å². The van der Waals surface area contributed by atoms with Gasteiger partial charge in [-0.2, -0.15) is 0 Å². The van der Waals surface area contributed by atoms with Gasteiger partial charge >= 0.3 is 5.97 Å². The van der Waals surface area contributed by atoms with Crippen molar-refractivity contribution in [2.24, 2.45) is 11.8 Å². The number of nitrogens with one attached hydrogen (secondary N) is 1. The van der Waals surface area contributed by atoms with E-state index in [1.54, 1.807) is 0 Å². The molecule has 2 atom stereocenters. The Morgan fingerprint density at radius 1 is 1.50 bits per heavy atom. The summed E-state index contributed by atoms with van der Waals surface area (Å²) in [6.45, 7) is 6.77. The van der Waals surface area contributed by atoms with Gasteiger partial charge in [0.2, 0.25) is 5.91 Å². The number of rotatable bonds is 6. The molecule has 1 aliphatic rings. The zero-order valence-corrected chi connectivity index (χ0v) is 11.3. The second kappa shape index (κ2) is 7.36. The highest BCUT2D eigenvalue weighted by Crippen LogP contribution is 2.25. The van der Waals surface area contributed by atoms with Crippen molar-refractivity contribution in [2.75, 3.05) is 26.2 Å². The minimum absolute atomic E-state index is 0.0593. The van der Waals surface area contributed by atoms with Crippen LogP contribution in [-0.2, 0) is 9.59 Å². The zero-order chi connectivity index (χ0) is 13.5. The number of hydrogen-bond donors (Lipinski definition) is 2. The first-order valence-corrected chi connectivity index (χ1v) is 6.73. The van der Waals surface area contributed by atoms with E-state index in [0.717, 1.165) is 25.9 Å². The van der Waals surface area contributed by atoms with Crippen LogP contribution in [0.3, 0.4) is 0 Å². The fourth-order valence-electron chi connectivity index (χ4n) is 2.60. The average Bonchev–Trinajstić information content (AvgIpc) is 2.28. The SMILES string of the molecule is CCNC(=O)CN1CCCC(C(C)CC(=O)O)C1. The maximum absolute atomic E-state index is 11.5. The van der Waals surface area contributed by atoms with Crippen LogP contribution in [0.1, 0.15) is 33.1 Å². The fourth-order valence-corrected chi connectivity index (χ4v) is 2.60. The Kier molecular flexibility index (Phi) is 6.12. The topological polar surface area (TPSA) is 69.6 Å². The van der Waals surface area contributed by atoms with Gasteiger partial charge in [0.1, 0.15) is 0 Å². The van der Waals surface area contributed by atoms with E-state index in [9.17, 15) is 9.59 Å². The molecule has 5 nitrogen and oxygen atoms in total. The molecule has 5 heteroatoms. The summed E-state index contributed by atoms with van der Waals surface area (Å²) in [7, 11) is 0. The van der Waals surface area contributed by atoms with Crippen molar-refractivity contribution in [3.05, 3.63) is 0 Å². The standard InChI is InChI=1S/C13H24N2O3/c1-3-14-12(16)9-15-6-4-5-11(8-15)10(2)7-13(17)18/h10-11H,3-9H2,1-2H3,(H,14,16)(H,17,18). The van der Waals surface area contributed by atoms with Gasteiger partial charge < -0.3 is 10.4 Å². The molecule has 0 aromatic heterocycles. The average molecular weight is 256 g/mol. The first-order valence-electron chi connectivity index (χ1n) is 6.73. The third-order valence-electron chi connectivity index (χ3n) is 3.58. The minimum atomic E-state index is -0.733. The van der Waals surface area contributed by atoms with Crippen LogP contribution < -0.4 is 5.32 Å². The Bertz CT molecular complexity index is 294. The van der Waals surface area contributed by atoms with Crippen molar-refractivity contribution >= 4 is 11.9 Å². The molecule has 1 aliphatic heterocycles. The largest absolute Gasteiger partial charge is 0.481 e. The lowest BCUT2D eigenvalue weighted by molar-refractivity contribution is -0.138. The molecule has 0 radical (unpaired) electrons. The first kappa shape index (κ1) is 15.0. The summed E-state index contributed by atoms with van der Waals surface area (Å²) >= 11 is 0. The van der Waals surface area contributed by atoms with Crippen LogP contribution in [0.4, 0.5) is 0 Å². The first-order chi connectivity index (χ1) is 8.52. The second-order valence-corrected chi connectivity index (χ2v) is 5.17. The highest BCUT2D eigenvalue weighted by molar-refractivity contribution is 5.77. The van der Waals surface area contributed by atoms with E-state index >= 15 is 0 Å². The molecule has 0 aliphatic carbocycles. The van der Waals surface area contributed by atoms with Gasteiger partial charge in [-0.05, 0) is 38.1 Å². The van der Waals surface area contributed by atoms with Crippen LogP contribution in [0.15, 0.2) is 0 Å². The van der Waals surface area contributed by atoms with Crippen LogP contribution in [0.25, 0.3) is 0 Å². The maximum Gasteiger partial charge on any atom is 0.303 e. The number of piperidine rings is 1. The molecule has 1 saturated heterocycles. The Hall–Kier alpha value is -1.10. The van der Waals surface area contributed by atoms with Gasteiger partial charge in [0.25, 0.3) is 0 Å². The van der Waals surface area contributed by atoms with Gasteiger partial charge in [0, 0.05) is 19.5 Å². The Morgan fingerprint density at radius 3 is 2.83 bits per heavy atom. The molecular formula is C13H24N2O3. The molecule has 1 heterocycles. The molecule has 18 heavy (non-hydrogen) atoms. The van der Waals surface area contributed by atoms with Crippen molar-refractivity contribution in [2.45, 2.75) is 33.1 Å². The molecule has 0 aromatic rings. The van der Waals surface area contributed by atoms with Crippen LogP contribution in [0.5, 0.6) is 0 Å². The van der Waals surface area contributed by atoms with E-state index in [1.165, 1.54) is 0 Å². The van der Waals surface area contributed by atoms with Gasteiger partial charge in [0.15, 0.2) is 0 Å². The lowest BCUT2D eigenvalue weighted by atomic mass is 9.84. The smallest absolute Gasteiger partial charge is 0.303 e. The van der Waals surface area contributed by atoms with Crippen LogP contribution in [-0.4, -0.2) is 48.1 Å². The third kappa shape index (κ3) is 5.04. The van der Waals surface area contributed by atoms with E-state index < -0.39 is 5.97 Å². The Labute approximate surface area is 109 Å². The van der Waals surface area contributed by atoms with Crippen LogP contribution in [0.2, 0.25) is 0 Å². The van der Waals surface area contributed by atoms with Crippen LogP contribution >= 0.6 is 0 Å². The number of hydrogen-bond acceptors (Lipinski definition) is 3. The summed E-state index contributed by atoms with van der Waals surface area (Å²) in [6, 6.07) is 0. The second-order valence-electron chi connectivity index (χ2n) is 5.17. The van der Waals surface area contributed by atoms with Crippen molar-refractivity contribution in [3.63, 3.8) is 0 Å². The number of carbonyl (C=O) groups excluding carboxylic acids is 1. The van der Waals surface area contributed by atoms with E-state index in [0.29, 0.717) is 19.0 Å². The van der Waals surface area contributed by atoms with E-state index in [2.05, 4.69) is 10.2 Å². The molecule has 104 valence electrons. The molecule has 0 saturated carbocycles. The number of carboxylic acid groups (broad SMARTS) is 1. The number of nitrogens with zero attached hydrogens (tertiary/aromatic N) is 1. The zero-order valence-electron chi connectivity index (χ0n) is 11.3. The summed E-state index contributed by atoms with van der Waals surface area (Å²) in [5.41, 5.74) is 0. The summed E-state index contributed by atoms with van der Waals surface area (Å²) in [5.74, 6) is -0.101. The molecule has 0 aromatic carbocycles. The van der Waals surface area contributed by atoms with Gasteiger partial charge in [-0.1, -0.05) is 6.92 Å². The molecule has 0 bridgehead atoms. The number of carbonyl (C=O) groups is 2. The van der Waals surface area contributed by atoms with Crippen molar-refractivity contribution in [3.8, 4) is 0 Å². The van der Waals surface area contributed by atoms with Crippen LogP contribution in [0, 0.1) is 11.8 Å². The van der Waals surface area contributed by atoms with Crippen molar-refractivity contribution in [1.82, 2.24) is 10.2 Å². The van der Waals surface area contributed by atoms with Crippen molar-refractivity contribution in [1.29, 1.82) is 0 Å². The summed E-state index contributed by atoms with van der Waals surface area (Å²) in [4.78, 5) is 24.4. The van der Waals surface area contributed by atoms with E-state index in [4.69, 9.17) is 5.11 Å². The number of aliphatic carboxylic acids is 1. The van der Waals surface area contributed by atoms with Gasteiger partial charge in [-0.3, -0.25) is 14.5 Å².